The van der Waals surface area contributed by atoms with E-state index in [1.54, 1.807) is 17.7 Å². The highest BCUT2D eigenvalue weighted by Gasteiger charge is 2.38. The largest absolute Gasteiger partial charge is 0.419 e. The number of hydrogen-bond acceptors (Lipinski definition) is 6. The van der Waals surface area contributed by atoms with Gasteiger partial charge in [-0.15, -0.1) is 0 Å². The number of likely N-dealkylation sites (tertiary alicyclic amines) is 1. The van der Waals surface area contributed by atoms with Crippen molar-refractivity contribution in [2.45, 2.75) is 50.7 Å². The predicted octanol–water partition coefficient (Wildman–Crippen LogP) is 3.76. The molecule has 3 heterocycles. The Kier molecular flexibility index (Phi) is 6.90. The monoisotopic (exact) mass is 571 g/mol. The van der Waals surface area contributed by atoms with Gasteiger partial charge in [-0.1, -0.05) is 0 Å². The molecule has 2 aromatic heterocycles. The van der Waals surface area contributed by atoms with Gasteiger partial charge in [-0.3, -0.25) is 14.2 Å². The first-order chi connectivity index (χ1) is 19.6. The number of carbonyl (C=O) groups is 2. The molecule has 3 aliphatic rings. The van der Waals surface area contributed by atoms with E-state index in [2.05, 4.69) is 25.6 Å². The Balaban J connectivity index is 1.35. The molecule has 41 heavy (non-hydrogen) atoms. The molecule has 13 heteroatoms. The minimum Gasteiger partial charge on any atom is -0.359 e. The maximum Gasteiger partial charge on any atom is 0.419 e. The number of piperidine rings is 1. The average Bonchev–Trinajstić information content (AvgIpc) is 3.62. The number of benzene rings is 1. The van der Waals surface area contributed by atoms with E-state index in [1.807, 2.05) is 4.90 Å². The smallest absolute Gasteiger partial charge is 0.359 e. The van der Waals surface area contributed by atoms with E-state index in [0.717, 1.165) is 44.4 Å². The summed E-state index contributed by atoms with van der Waals surface area (Å²) in [5, 5.41) is 5.95. The highest BCUT2D eigenvalue weighted by Crippen LogP contribution is 2.38. The van der Waals surface area contributed by atoms with Crippen molar-refractivity contribution in [1.29, 1.82) is 0 Å². The molecule has 2 amide bonds. The van der Waals surface area contributed by atoms with Gasteiger partial charge in [-0.2, -0.15) is 18.2 Å². The van der Waals surface area contributed by atoms with Crippen LogP contribution in [0, 0.1) is 17.7 Å². The third kappa shape index (κ3) is 5.36. The summed E-state index contributed by atoms with van der Waals surface area (Å²) in [6, 6.07) is 4.33. The fourth-order valence-electron chi connectivity index (χ4n) is 5.73. The van der Waals surface area contributed by atoms with Gasteiger partial charge >= 0.3 is 6.18 Å². The van der Waals surface area contributed by atoms with Crippen molar-refractivity contribution in [2.75, 3.05) is 25.5 Å². The third-order valence-corrected chi connectivity index (χ3v) is 7.95. The Labute approximate surface area is 233 Å². The van der Waals surface area contributed by atoms with E-state index in [4.69, 9.17) is 0 Å². The molecule has 1 unspecified atom stereocenters. The van der Waals surface area contributed by atoms with Gasteiger partial charge in [-0.05, 0) is 49.9 Å². The summed E-state index contributed by atoms with van der Waals surface area (Å²) in [5.41, 5.74) is -0.101. The van der Waals surface area contributed by atoms with Gasteiger partial charge in [0.15, 0.2) is 0 Å². The Morgan fingerprint density at radius 2 is 1.85 bits per heavy atom. The van der Waals surface area contributed by atoms with Crippen LogP contribution in [0.1, 0.15) is 42.6 Å². The second-order valence-electron chi connectivity index (χ2n) is 10.9. The lowest BCUT2D eigenvalue weighted by Gasteiger charge is -2.33. The standard InChI is InChI=1S/C28H29F4N7O2/c1-33-25(40)17-12-21-22(13-17)39(24(36-21)16-6-7-20(29)19(11-16)28(30,31)32)23-8-9-34-27(37-23)35-18-3-2-10-38(14-18)26(41)15-4-5-15/h6-9,11,15,17-18H,2-5,10,12-14H2,1H3,(H,33,40)(H,34,35,37)/t17?,18-/m0/s1. The Morgan fingerprint density at radius 1 is 1.05 bits per heavy atom. The molecule has 0 spiro atoms. The van der Waals surface area contributed by atoms with E-state index >= 15 is 0 Å². The molecular formula is C28H29F4N7O2. The van der Waals surface area contributed by atoms with E-state index < -0.39 is 17.6 Å². The summed E-state index contributed by atoms with van der Waals surface area (Å²) in [6.07, 6.45) is 0.831. The molecule has 2 aliphatic carbocycles. The number of hydrogen-bond donors (Lipinski definition) is 2. The number of carbonyl (C=O) groups excluding carboxylic acids is 2. The number of halogens is 4. The number of imidazole rings is 1. The van der Waals surface area contributed by atoms with Crippen LogP contribution in [0.4, 0.5) is 23.5 Å². The average molecular weight is 572 g/mol. The van der Waals surface area contributed by atoms with Crippen LogP contribution in [0.2, 0.25) is 0 Å². The van der Waals surface area contributed by atoms with E-state index in [0.29, 0.717) is 42.5 Å². The van der Waals surface area contributed by atoms with Crippen LogP contribution in [0.15, 0.2) is 30.5 Å². The zero-order valence-corrected chi connectivity index (χ0v) is 22.3. The minimum atomic E-state index is -4.88. The summed E-state index contributed by atoms with van der Waals surface area (Å²) in [5.74, 6) is -0.772. The molecule has 9 nitrogen and oxygen atoms in total. The fraction of sp³-hybridized carbons (Fsp3) is 0.464. The Morgan fingerprint density at radius 3 is 2.59 bits per heavy atom. The Hall–Kier alpha value is -4.03. The molecule has 2 atom stereocenters. The lowest BCUT2D eigenvalue weighted by Crippen LogP contribution is -2.45. The topological polar surface area (TPSA) is 105 Å². The molecule has 1 saturated heterocycles. The van der Waals surface area contributed by atoms with Crippen LogP contribution in [-0.4, -0.2) is 62.4 Å². The summed E-state index contributed by atoms with van der Waals surface area (Å²) < 4.78 is 56.4. The van der Waals surface area contributed by atoms with Crippen molar-refractivity contribution in [3.63, 3.8) is 0 Å². The maximum atomic E-state index is 14.1. The van der Waals surface area contributed by atoms with Crippen LogP contribution in [-0.2, 0) is 28.6 Å². The highest BCUT2D eigenvalue weighted by atomic mass is 19.4. The quantitative estimate of drug-likeness (QED) is 0.437. The van der Waals surface area contributed by atoms with Gasteiger partial charge < -0.3 is 15.5 Å². The SMILES string of the molecule is CNC(=O)C1Cc2nc(-c3ccc(F)c(C(F)(F)F)c3)n(-c3ccnc(N[C@H]4CCCN(C(=O)C5CC5)C4)n3)c2C1. The van der Waals surface area contributed by atoms with Crippen molar-refractivity contribution in [2.24, 2.45) is 11.8 Å². The van der Waals surface area contributed by atoms with Crippen molar-refractivity contribution < 1.29 is 27.2 Å². The van der Waals surface area contributed by atoms with Crippen molar-refractivity contribution in [3.05, 3.63) is 53.2 Å². The van der Waals surface area contributed by atoms with Crippen LogP contribution < -0.4 is 10.6 Å². The zero-order valence-electron chi connectivity index (χ0n) is 22.3. The molecule has 0 bridgehead atoms. The van der Waals surface area contributed by atoms with Crippen molar-refractivity contribution in [1.82, 2.24) is 29.7 Å². The fourth-order valence-corrected chi connectivity index (χ4v) is 5.73. The number of rotatable bonds is 6. The molecule has 1 aliphatic heterocycles. The molecule has 1 aromatic carbocycles. The Bertz CT molecular complexity index is 1500. The molecule has 2 fully saturated rings. The molecule has 0 radical (unpaired) electrons. The van der Waals surface area contributed by atoms with E-state index in [-0.39, 0.29) is 41.1 Å². The normalized spacial score (nSPS) is 20.6. The lowest BCUT2D eigenvalue weighted by molar-refractivity contribution is -0.140. The summed E-state index contributed by atoms with van der Waals surface area (Å²) in [7, 11) is 1.54. The van der Waals surface area contributed by atoms with Crippen LogP contribution >= 0.6 is 0 Å². The van der Waals surface area contributed by atoms with Gasteiger partial charge in [0.2, 0.25) is 17.8 Å². The van der Waals surface area contributed by atoms with Gasteiger partial charge in [0.25, 0.3) is 0 Å². The van der Waals surface area contributed by atoms with E-state index in [1.165, 1.54) is 12.3 Å². The number of nitrogens with one attached hydrogen (secondary N) is 2. The molecule has 216 valence electrons. The number of anilines is 1. The summed E-state index contributed by atoms with van der Waals surface area (Å²) >= 11 is 0. The first-order valence-corrected chi connectivity index (χ1v) is 13.7. The minimum absolute atomic E-state index is 0.0567. The van der Waals surface area contributed by atoms with Gasteiger partial charge in [0, 0.05) is 68.3 Å². The lowest BCUT2D eigenvalue weighted by atomic mass is 10.1. The van der Waals surface area contributed by atoms with E-state index in [9.17, 15) is 27.2 Å². The van der Waals surface area contributed by atoms with Crippen LogP contribution in [0.25, 0.3) is 17.2 Å². The number of nitrogens with zero attached hydrogens (tertiary/aromatic N) is 5. The number of aromatic nitrogens is 4. The molecule has 1 saturated carbocycles. The van der Waals surface area contributed by atoms with Crippen molar-refractivity contribution in [3.8, 4) is 17.2 Å². The molecule has 6 rings (SSSR count). The van der Waals surface area contributed by atoms with Gasteiger partial charge in [0.05, 0.1) is 11.3 Å². The number of alkyl halides is 3. The van der Waals surface area contributed by atoms with Gasteiger partial charge in [-0.25, -0.2) is 14.4 Å². The first kappa shape index (κ1) is 27.2. The van der Waals surface area contributed by atoms with Gasteiger partial charge in [0.1, 0.15) is 17.5 Å². The predicted molar refractivity (Wildman–Crippen MR) is 140 cm³/mol. The number of amides is 2. The molecule has 3 aromatic rings. The van der Waals surface area contributed by atoms with Crippen molar-refractivity contribution >= 4 is 17.8 Å². The second kappa shape index (κ2) is 10.4. The maximum absolute atomic E-state index is 14.1. The first-order valence-electron chi connectivity index (χ1n) is 13.7. The molecule has 2 N–H and O–H groups in total. The van der Waals surface area contributed by atoms with Crippen LogP contribution in [0.5, 0.6) is 0 Å². The summed E-state index contributed by atoms with van der Waals surface area (Å²) in [6.45, 7) is 1.27. The zero-order chi connectivity index (χ0) is 28.9. The third-order valence-electron chi connectivity index (χ3n) is 7.95. The second-order valence-corrected chi connectivity index (χ2v) is 10.9. The van der Waals surface area contributed by atoms with Crippen LogP contribution in [0.3, 0.4) is 0 Å². The molecular weight excluding hydrogens is 542 g/mol. The summed E-state index contributed by atoms with van der Waals surface area (Å²) in [4.78, 5) is 40.5. The number of fused-ring (bicyclic) bond motifs is 1. The highest BCUT2D eigenvalue weighted by molar-refractivity contribution is 5.81.